The van der Waals surface area contributed by atoms with Gasteiger partial charge in [-0.05, 0) is 36.8 Å². The zero-order valence-electron chi connectivity index (χ0n) is 12.8. The van der Waals surface area contributed by atoms with Gasteiger partial charge in [-0.15, -0.1) is 0 Å². The first kappa shape index (κ1) is 18.1. The number of hydrogen-bond acceptors (Lipinski definition) is 4. The minimum atomic E-state index is -3.99. The lowest BCUT2D eigenvalue weighted by molar-refractivity contribution is 0.0697. The van der Waals surface area contributed by atoms with Gasteiger partial charge in [-0.25, -0.2) is 13.2 Å². The zero-order chi connectivity index (χ0) is 17.7. The second-order valence-electron chi connectivity index (χ2n) is 4.90. The van der Waals surface area contributed by atoms with Crippen LogP contribution in [0.15, 0.2) is 47.4 Å². The molecule has 2 aromatic rings. The van der Waals surface area contributed by atoms with Gasteiger partial charge in [0.05, 0.1) is 22.9 Å². The van der Waals surface area contributed by atoms with Crippen LogP contribution in [0, 0.1) is 0 Å². The molecule has 0 amide bonds. The summed E-state index contributed by atoms with van der Waals surface area (Å²) in [5.74, 6) is -0.923. The van der Waals surface area contributed by atoms with Gasteiger partial charge in [0.15, 0.2) is 0 Å². The molecule has 0 saturated carbocycles. The van der Waals surface area contributed by atoms with E-state index in [1.807, 2.05) is 6.92 Å². The fourth-order valence-corrected chi connectivity index (χ4v) is 3.52. The molecular formula is C16H16ClNO5S. The first-order chi connectivity index (χ1) is 11.3. The number of hydrogen-bond donors (Lipinski definition) is 2. The standard InChI is InChI=1S/C16H16ClNO5S/c1-2-9-23-14-8-7-11(16(19)20)10-13(14)18-24(21,22)15-6-4-3-5-12(15)17/h3-8,10,18H,2,9H2,1H3,(H,19,20). The van der Waals surface area contributed by atoms with Gasteiger partial charge in [-0.1, -0.05) is 30.7 Å². The number of carbonyl (C=O) groups is 1. The summed E-state index contributed by atoms with van der Waals surface area (Å²) in [6.45, 7) is 2.27. The SMILES string of the molecule is CCCOc1ccc(C(=O)O)cc1NS(=O)(=O)c1ccccc1Cl. The Morgan fingerprint density at radius 3 is 2.58 bits per heavy atom. The van der Waals surface area contributed by atoms with Crippen molar-refractivity contribution in [3.05, 3.63) is 53.1 Å². The Balaban J connectivity index is 2.44. The third-order valence-corrected chi connectivity index (χ3v) is 4.92. The molecule has 0 fully saturated rings. The molecule has 0 aliphatic heterocycles. The fraction of sp³-hybridized carbons (Fsp3) is 0.188. The predicted octanol–water partition coefficient (Wildman–Crippen LogP) is 3.63. The quantitative estimate of drug-likeness (QED) is 0.777. The monoisotopic (exact) mass is 369 g/mol. The zero-order valence-corrected chi connectivity index (χ0v) is 14.4. The van der Waals surface area contributed by atoms with Crippen molar-refractivity contribution in [3.8, 4) is 5.75 Å². The molecule has 0 heterocycles. The van der Waals surface area contributed by atoms with Crippen LogP contribution in [-0.4, -0.2) is 26.1 Å². The maximum Gasteiger partial charge on any atom is 0.335 e. The van der Waals surface area contributed by atoms with Crippen LogP contribution in [0.4, 0.5) is 5.69 Å². The van der Waals surface area contributed by atoms with Crippen LogP contribution >= 0.6 is 11.6 Å². The number of benzene rings is 2. The van der Waals surface area contributed by atoms with E-state index in [9.17, 15) is 13.2 Å². The van der Waals surface area contributed by atoms with Gasteiger partial charge >= 0.3 is 5.97 Å². The predicted molar refractivity (Wildman–Crippen MR) is 91.4 cm³/mol. The van der Waals surface area contributed by atoms with E-state index < -0.39 is 16.0 Å². The van der Waals surface area contributed by atoms with Crippen LogP contribution in [0.2, 0.25) is 5.02 Å². The molecule has 0 saturated heterocycles. The van der Waals surface area contributed by atoms with Crippen LogP contribution in [0.5, 0.6) is 5.75 Å². The molecule has 0 aromatic heterocycles. The van der Waals surface area contributed by atoms with Crippen molar-refractivity contribution in [3.63, 3.8) is 0 Å². The normalized spacial score (nSPS) is 11.1. The van der Waals surface area contributed by atoms with E-state index in [0.717, 1.165) is 6.42 Å². The van der Waals surface area contributed by atoms with Crippen molar-refractivity contribution in [2.45, 2.75) is 18.2 Å². The van der Waals surface area contributed by atoms with E-state index in [0.29, 0.717) is 6.61 Å². The summed E-state index contributed by atoms with van der Waals surface area (Å²) < 4.78 is 32.9. The van der Waals surface area contributed by atoms with Crippen molar-refractivity contribution < 1.29 is 23.1 Å². The molecule has 2 rings (SSSR count). The second-order valence-corrected chi connectivity index (χ2v) is 6.96. The maximum absolute atomic E-state index is 12.5. The Morgan fingerprint density at radius 2 is 1.96 bits per heavy atom. The van der Waals surface area contributed by atoms with E-state index >= 15 is 0 Å². The third-order valence-electron chi connectivity index (χ3n) is 3.06. The number of halogens is 1. The molecule has 0 radical (unpaired) electrons. The number of sulfonamides is 1. The highest BCUT2D eigenvalue weighted by molar-refractivity contribution is 7.92. The molecule has 24 heavy (non-hydrogen) atoms. The number of anilines is 1. The highest BCUT2D eigenvalue weighted by atomic mass is 35.5. The Bertz CT molecular complexity index is 851. The molecule has 0 spiro atoms. The minimum absolute atomic E-state index is 0.0447. The topological polar surface area (TPSA) is 92.7 Å². The van der Waals surface area contributed by atoms with Crippen LogP contribution in [-0.2, 0) is 10.0 Å². The van der Waals surface area contributed by atoms with Gasteiger partial charge < -0.3 is 9.84 Å². The number of aromatic carboxylic acids is 1. The Morgan fingerprint density at radius 1 is 1.25 bits per heavy atom. The van der Waals surface area contributed by atoms with Crippen molar-refractivity contribution in [2.75, 3.05) is 11.3 Å². The van der Waals surface area contributed by atoms with Gasteiger partial charge in [0.25, 0.3) is 10.0 Å². The summed E-state index contributed by atoms with van der Waals surface area (Å²) in [5, 5.41) is 9.16. The first-order valence-electron chi connectivity index (χ1n) is 7.12. The molecule has 2 N–H and O–H groups in total. The van der Waals surface area contributed by atoms with Crippen LogP contribution < -0.4 is 9.46 Å². The lowest BCUT2D eigenvalue weighted by Crippen LogP contribution is -2.15. The van der Waals surface area contributed by atoms with Gasteiger partial charge in [-0.3, -0.25) is 4.72 Å². The van der Waals surface area contributed by atoms with Gasteiger partial charge in [-0.2, -0.15) is 0 Å². The average molecular weight is 370 g/mol. The lowest BCUT2D eigenvalue weighted by Gasteiger charge is -2.14. The third kappa shape index (κ3) is 4.18. The van der Waals surface area contributed by atoms with E-state index in [4.69, 9.17) is 21.4 Å². The number of nitrogens with one attached hydrogen (secondary N) is 1. The van der Waals surface area contributed by atoms with Crippen molar-refractivity contribution >= 4 is 33.3 Å². The fourth-order valence-electron chi connectivity index (χ4n) is 1.94. The molecule has 0 atom stereocenters. The van der Waals surface area contributed by atoms with E-state index in [2.05, 4.69) is 4.72 Å². The Labute approximate surface area is 145 Å². The summed E-state index contributed by atoms with van der Waals surface area (Å²) in [5.41, 5.74) is -0.0148. The molecule has 8 heteroatoms. The number of carboxylic acid groups (broad SMARTS) is 1. The lowest BCUT2D eigenvalue weighted by atomic mass is 10.2. The van der Waals surface area contributed by atoms with Crippen molar-refractivity contribution in [1.82, 2.24) is 0 Å². The molecule has 0 unspecified atom stereocenters. The number of rotatable bonds is 7. The Hall–Kier alpha value is -2.25. The smallest absolute Gasteiger partial charge is 0.335 e. The van der Waals surface area contributed by atoms with Crippen LogP contribution in [0.3, 0.4) is 0 Å². The van der Waals surface area contributed by atoms with E-state index in [1.165, 1.54) is 30.3 Å². The average Bonchev–Trinajstić information content (AvgIpc) is 2.53. The number of carboxylic acids is 1. The molecule has 2 aromatic carbocycles. The highest BCUT2D eigenvalue weighted by Crippen LogP contribution is 2.30. The molecule has 128 valence electrons. The molecule has 0 aliphatic rings. The number of ether oxygens (including phenoxy) is 1. The van der Waals surface area contributed by atoms with Crippen molar-refractivity contribution in [1.29, 1.82) is 0 Å². The largest absolute Gasteiger partial charge is 0.491 e. The summed E-state index contributed by atoms with van der Waals surface area (Å²) in [6.07, 6.45) is 0.720. The summed E-state index contributed by atoms with van der Waals surface area (Å²) in [7, 11) is -3.99. The molecular weight excluding hydrogens is 354 g/mol. The first-order valence-corrected chi connectivity index (χ1v) is 8.98. The minimum Gasteiger partial charge on any atom is -0.491 e. The Kier molecular flexibility index (Phi) is 5.69. The van der Waals surface area contributed by atoms with Gasteiger partial charge in [0.2, 0.25) is 0 Å². The van der Waals surface area contributed by atoms with Gasteiger partial charge in [0.1, 0.15) is 10.6 Å². The maximum atomic E-state index is 12.5. The van der Waals surface area contributed by atoms with E-state index in [-0.39, 0.29) is 26.9 Å². The molecule has 0 aliphatic carbocycles. The molecule has 6 nitrogen and oxygen atoms in total. The van der Waals surface area contributed by atoms with Gasteiger partial charge in [0, 0.05) is 0 Å². The second kappa shape index (κ2) is 7.55. The summed E-state index contributed by atoms with van der Waals surface area (Å²) >= 11 is 5.94. The van der Waals surface area contributed by atoms with Crippen LogP contribution in [0.1, 0.15) is 23.7 Å². The molecule has 0 bridgehead atoms. The summed E-state index contributed by atoms with van der Waals surface area (Å²) in [4.78, 5) is 11.0. The van der Waals surface area contributed by atoms with E-state index in [1.54, 1.807) is 12.1 Å². The highest BCUT2D eigenvalue weighted by Gasteiger charge is 2.20. The summed E-state index contributed by atoms with van der Waals surface area (Å²) in [6, 6.07) is 9.95. The van der Waals surface area contributed by atoms with Crippen molar-refractivity contribution in [2.24, 2.45) is 0 Å². The van der Waals surface area contributed by atoms with Crippen LogP contribution in [0.25, 0.3) is 0 Å².